The maximum absolute atomic E-state index is 5.79. The van der Waals surface area contributed by atoms with E-state index in [-0.39, 0.29) is 6.10 Å². The molecule has 0 spiro atoms. The van der Waals surface area contributed by atoms with Crippen LogP contribution in [0.25, 0.3) is 0 Å². The van der Waals surface area contributed by atoms with E-state index in [0.717, 1.165) is 18.0 Å². The largest absolute Gasteiger partial charge is 0.492 e. The van der Waals surface area contributed by atoms with Crippen molar-refractivity contribution in [3.05, 3.63) is 18.2 Å². The third kappa shape index (κ3) is 4.95. The molecule has 0 aliphatic carbocycles. The number of hydrogen-bond acceptors (Lipinski definition) is 4. The molecule has 96 valence electrons. The zero-order chi connectivity index (χ0) is 12.7. The summed E-state index contributed by atoms with van der Waals surface area (Å²) in [6.45, 7) is 8.06. The van der Waals surface area contributed by atoms with Crippen LogP contribution in [0.1, 0.15) is 20.8 Å². The second-order valence-corrected chi connectivity index (χ2v) is 4.03. The van der Waals surface area contributed by atoms with Crippen LogP contribution in [0.5, 0.6) is 5.75 Å². The van der Waals surface area contributed by atoms with Crippen LogP contribution in [-0.2, 0) is 4.74 Å². The molecule has 0 aliphatic heterocycles. The van der Waals surface area contributed by atoms with E-state index in [1.54, 1.807) is 0 Å². The van der Waals surface area contributed by atoms with E-state index in [4.69, 9.17) is 15.2 Å². The molecule has 1 aromatic carbocycles. The zero-order valence-corrected chi connectivity index (χ0v) is 10.8. The van der Waals surface area contributed by atoms with E-state index < -0.39 is 0 Å². The number of rotatable bonds is 7. The van der Waals surface area contributed by atoms with Gasteiger partial charge in [0, 0.05) is 18.3 Å². The Morgan fingerprint density at radius 1 is 1.35 bits per heavy atom. The normalized spacial score (nSPS) is 10.6. The lowest BCUT2D eigenvalue weighted by Crippen LogP contribution is -2.13. The Kier molecular flexibility index (Phi) is 5.63. The van der Waals surface area contributed by atoms with Gasteiger partial charge in [-0.2, -0.15) is 0 Å². The van der Waals surface area contributed by atoms with Crippen molar-refractivity contribution < 1.29 is 9.47 Å². The standard InChI is InChI=1S/C13H22N2O2/c1-4-16-13-9-11(5-6-12(13)14)15-7-8-17-10(2)3/h5-6,9-10,15H,4,7-8,14H2,1-3H3. The van der Waals surface area contributed by atoms with Gasteiger partial charge >= 0.3 is 0 Å². The first-order chi connectivity index (χ1) is 8.13. The number of hydrogen-bond donors (Lipinski definition) is 2. The maximum Gasteiger partial charge on any atom is 0.144 e. The van der Waals surface area contributed by atoms with Gasteiger partial charge in [-0.1, -0.05) is 0 Å². The van der Waals surface area contributed by atoms with Crippen LogP contribution in [0.3, 0.4) is 0 Å². The summed E-state index contributed by atoms with van der Waals surface area (Å²) >= 11 is 0. The van der Waals surface area contributed by atoms with Gasteiger partial charge in [-0.3, -0.25) is 0 Å². The first-order valence-corrected chi connectivity index (χ1v) is 6.01. The van der Waals surface area contributed by atoms with Crippen LogP contribution < -0.4 is 15.8 Å². The van der Waals surface area contributed by atoms with E-state index in [9.17, 15) is 0 Å². The van der Waals surface area contributed by atoms with Gasteiger partial charge in [-0.25, -0.2) is 0 Å². The predicted octanol–water partition coefficient (Wildman–Crippen LogP) is 2.50. The molecule has 3 N–H and O–H groups in total. The van der Waals surface area contributed by atoms with Crippen LogP contribution >= 0.6 is 0 Å². The van der Waals surface area contributed by atoms with Gasteiger partial charge in [0.2, 0.25) is 0 Å². The van der Waals surface area contributed by atoms with Crippen molar-refractivity contribution in [2.75, 3.05) is 30.8 Å². The Labute approximate surface area is 103 Å². The van der Waals surface area contributed by atoms with E-state index in [1.807, 2.05) is 39.0 Å². The number of nitrogen functional groups attached to an aromatic ring is 1. The van der Waals surface area contributed by atoms with E-state index >= 15 is 0 Å². The van der Waals surface area contributed by atoms with Gasteiger partial charge in [0.25, 0.3) is 0 Å². The van der Waals surface area contributed by atoms with Crippen LogP contribution in [-0.4, -0.2) is 25.9 Å². The highest BCUT2D eigenvalue weighted by Gasteiger charge is 2.01. The molecule has 17 heavy (non-hydrogen) atoms. The Morgan fingerprint density at radius 3 is 2.76 bits per heavy atom. The molecule has 0 atom stereocenters. The molecule has 0 bridgehead atoms. The molecule has 0 unspecified atom stereocenters. The maximum atomic E-state index is 5.79. The highest BCUT2D eigenvalue weighted by Crippen LogP contribution is 2.25. The fraction of sp³-hybridized carbons (Fsp3) is 0.538. The van der Waals surface area contributed by atoms with Crippen LogP contribution in [0, 0.1) is 0 Å². The molecular weight excluding hydrogens is 216 g/mol. The molecule has 0 saturated carbocycles. The molecule has 0 aliphatic rings. The molecule has 0 heterocycles. The van der Waals surface area contributed by atoms with Gasteiger partial charge in [0.05, 0.1) is 25.0 Å². The smallest absolute Gasteiger partial charge is 0.144 e. The van der Waals surface area contributed by atoms with Gasteiger partial charge in [-0.05, 0) is 32.9 Å². The van der Waals surface area contributed by atoms with Crippen molar-refractivity contribution in [3.63, 3.8) is 0 Å². The average molecular weight is 238 g/mol. The molecule has 0 saturated heterocycles. The minimum atomic E-state index is 0.266. The summed E-state index contributed by atoms with van der Waals surface area (Å²) in [6.07, 6.45) is 0.266. The lowest BCUT2D eigenvalue weighted by atomic mass is 10.2. The van der Waals surface area contributed by atoms with Gasteiger partial charge < -0.3 is 20.5 Å². The summed E-state index contributed by atoms with van der Waals surface area (Å²) < 4.78 is 10.9. The molecule has 0 aromatic heterocycles. The second kappa shape index (κ2) is 7.01. The molecular formula is C13H22N2O2. The third-order valence-corrected chi connectivity index (χ3v) is 2.20. The van der Waals surface area contributed by atoms with E-state index in [0.29, 0.717) is 18.9 Å². The summed E-state index contributed by atoms with van der Waals surface area (Å²) in [5, 5.41) is 3.27. The summed E-state index contributed by atoms with van der Waals surface area (Å²) in [4.78, 5) is 0. The Hall–Kier alpha value is -1.42. The van der Waals surface area contributed by atoms with E-state index in [1.165, 1.54) is 0 Å². The first kappa shape index (κ1) is 13.6. The summed E-state index contributed by atoms with van der Waals surface area (Å²) in [5.74, 6) is 0.724. The Morgan fingerprint density at radius 2 is 2.12 bits per heavy atom. The molecule has 0 fully saturated rings. The quantitative estimate of drug-likeness (QED) is 0.566. The van der Waals surface area contributed by atoms with Crippen molar-refractivity contribution in [2.24, 2.45) is 0 Å². The lowest BCUT2D eigenvalue weighted by Gasteiger charge is -2.12. The number of nitrogens with two attached hydrogens (primary N) is 1. The third-order valence-electron chi connectivity index (χ3n) is 2.20. The average Bonchev–Trinajstić information content (AvgIpc) is 2.28. The van der Waals surface area contributed by atoms with Gasteiger partial charge in [-0.15, -0.1) is 0 Å². The molecule has 4 heteroatoms. The predicted molar refractivity (Wildman–Crippen MR) is 71.6 cm³/mol. The molecule has 0 radical (unpaired) electrons. The number of benzene rings is 1. The van der Waals surface area contributed by atoms with Gasteiger partial charge in [0.15, 0.2) is 0 Å². The van der Waals surface area contributed by atoms with E-state index in [2.05, 4.69) is 5.32 Å². The number of anilines is 2. The van der Waals surface area contributed by atoms with Crippen LogP contribution in [0.15, 0.2) is 18.2 Å². The fourth-order valence-corrected chi connectivity index (χ4v) is 1.41. The molecule has 1 aromatic rings. The van der Waals surface area contributed by atoms with Crippen molar-refractivity contribution in [2.45, 2.75) is 26.9 Å². The monoisotopic (exact) mass is 238 g/mol. The number of ether oxygens (including phenoxy) is 2. The number of nitrogens with one attached hydrogen (secondary N) is 1. The van der Waals surface area contributed by atoms with Crippen molar-refractivity contribution in [1.29, 1.82) is 0 Å². The second-order valence-electron chi connectivity index (χ2n) is 4.03. The van der Waals surface area contributed by atoms with Gasteiger partial charge in [0.1, 0.15) is 5.75 Å². The SMILES string of the molecule is CCOc1cc(NCCOC(C)C)ccc1N. The molecule has 0 amide bonds. The fourth-order valence-electron chi connectivity index (χ4n) is 1.41. The van der Waals surface area contributed by atoms with Crippen molar-refractivity contribution in [1.82, 2.24) is 0 Å². The highest BCUT2D eigenvalue weighted by molar-refractivity contribution is 5.61. The summed E-state index contributed by atoms with van der Waals surface area (Å²) in [5.41, 5.74) is 7.45. The summed E-state index contributed by atoms with van der Waals surface area (Å²) in [6, 6.07) is 5.69. The van der Waals surface area contributed by atoms with Crippen molar-refractivity contribution in [3.8, 4) is 5.75 Å². The minimum Gasteiger partial charge on any atom is -0.492 e. The Bertz CT molecular complexity index is 340. The van der Waals surface area contributed by atoms with Crippen LogP contribution in [0.2, 0.25) is 0 Å². The topological polar surface area (TPSA) is 56.5 Å². The first-order valence-electron chi connectivity index (χ1n) is 6.01. The zero-order valence-electron chi connectivity index (χ0n) is 10.8. The van der Waals surface area contributed by atoms with Crippen LogP contribution in [0.4, 0.5) is 11.4 Å². The summed E-state index contributed by atoms with van der Waals surface area (Å²) in [7, 11) is 0. The lowest BCUT2D eigenvalue weighted by molar-refractivity contribution is 0.0870. The van der Waals surface area contributed by atoms with Crippen molar-refractivity contribution >= 4 is 11.4 Å². The Balaban J connectivity index is 2.45. The molecule has 4 nitrogen and oxygen atoms in total. The highest BCUT2D eigenvalue weighted by atomic mass is 16.5. The minimum absolute atomic E-state index is 0.266. The molecule has 1 rings (SSSR count).